The first-order valence-corrected chi connectivity index (χ1v) is 7.50. The van der Waals surface area contributed by atoms with Crippen LogP contribution in [0.3, 0.4) is 0 Å². The van der Waals surface area contributed by atoms with E-state index >= 15 is 0 Å². The van der Waals surface area contributed by atoms with Gasteiger partial charge in [-0.3, -0.25) is 9.59 Å². The fourth-order valence-corrected chi connectivity index (χ4v) is 2.42. The largest absolute Gasteiger partial charge is 0.354 e. The Labute approximate surface area is 125 Å². The first-order valence-electron chi connectivity index (χ1n) is 7.50. The van der Waals surface area contributed by atoms with E-state index in [1.807, 2.05) is 25.1 Å². The summed E-state index contributed by atoms with van der Waals surface area (Å²) in [6.07, 6.45) is 1.54. The summed E-state index contributed by atoms with van der Waals surface area (Å²) < 4.78 is 0. The molecule has 0 fully saturated rings. The van der Waals surface area contributed by atoms with Crippen LogP contribution >= 0.6 is 0 Å². The smallest absolute Gasteiger partial charge is 0.242 e. The van der Waals surface area contributed by atoms with Gasteiger partial charge in [0.2, 0.25) is 11.8 Å². The Hall–Kier alpha value is -1.88. The maximum Gasteiger partial charge on any atom is 0.242 e. The number of carbonyl (C=O) groups is 2. The Balaban J connectivity index is 1.88. The zero-order valence-electron chi connectivity index (χ0n) is 12.6. The van der Waals surface area contributed by atoms with Crippen molar-refractivity contribution < 1.29 is 9.59 Å². The maximum absolute atomic E-state index is 12.2. The van der Waals surface area contributed by atoms with Gasteiger partial charge in [0.25, 0.3) is 0 Å². The topological polar surface area (TPSA) is 70.2 Å². The summed E-state index contributed by atoms with van der Waals surface area (Å²) >= 11 is 0. The zero-order valence-corrected chi connectivity index (χ0v) is 12.6. The van der Waals surface area contributed by atoms with Gasteiger partial charge in [0.05, 0.1) is 6.04 Å². The molecule has 114 valence electrons. The summed E-state index contributed by atoms with van der Waals surface area (Å²) in [5.41, 5.74) is 2.43. The summed E-state index contributed by atoms with van der Waals surface area (Å²) in [5, 5.41) is 8.78. The lowest BCUT2D eigenvalue weighted by Gasteiger charge is -2.26. The highest BCUT2D eigenvalue weighted by Crippen LogP contribution is 2.16. The first kappa shape index (κ1) is 15.5. The fraction of sp³-hybridized carbons (Fsp3) is 0.500. The van der Waals surface area contributed by atoms with Gasteiger partial charge in [0.15, 0.2) is 0 Å². The van der Waals surface area contributed by atoms with E-state index in [1.54, 1.807) is 6.92 Å². The normalized spacial score (nSPS) is 18.5. The molecule has 2 unspecified atom stereocenters. The van der Waals surface area contributed by atoms with Crippen molar-refractivity contribution in [3.63, 3.8) is 0 Å². The number of nitrogens with one attached hydrogen (secondary N) is 3. The van der Waals surface area contributed by atoms with Crippen molar-refractivity contribution in [2.45, 2.75) is 45.3 Å². The molecule has 1 aliphatic rings. The van der Waals surface area contributed by atoms with Crippen molar-refractivity contribution in [2.24, 2.45) is 0 Å². The predicted octanol–water partition coefficient (Wildman–Crippen LogP) is 0.732. The average Bonchev–Trinajstić information content (AvgIpc) is 2.51. The molecule has 5 heteroatoms. The monoisotopic (exact) mass is 289 g/mol. The molecule has 21 heavy (non-hydrogen) atoms. The van der Waals surface area contributed by atoms with Gasteiger partial charge in [0.1, 0.15) is 6.04 Å². The van der Waals surface area contributed by atoms with Crippen molar-refractivity contribution in [1.29, 1.82) is 0 Å². The van der Waals surface area contributed by atoms with E-state index in [0.29, 0.717) is 19.5 Å². The molecule has 1 aromatic rings. The minimum atomic E-state index is -0.511. The second-order valence-electron chi connectivity index (χ2n) is 5.43. The van der Waals surface area contributed by atoms with Crippen LogP contribution in [0.15, 0.2) is 24.3 Å². The highest BCUT2D eigenvalue weighted by molar-refractivity contribution is 5.89. The van der Waals surface area contributed by atoms with E-state index in [0.717, 1.165) is 6.42 Å². The third-order valence-electron chi connectivity index (χ3n) is 3.70. The third kappa shape index (κ3) is 4.04. The quantitative estimate of drug-likeness (QED) is 0.748. The van der Waals surface area contributed by atoms with Crippen LogP contribution in [0.5, 0.6) is 0 Å². The molecule has 0 aliphatic carbocycles. The first-order chi connectivity index (χ1) is 10.1. The van der Waals surface area contributed by atoms with Crippen molar-refractivity contribution in [2.75, 3.05) is 6.54 Å². The predicted molar refractivity (Wildman–Crippen MR) is 81.7 cm³/mol. The van der Waals surface area contributed by atoms with Crippen molar-refractivity contribution >= 4 is 11.8 Å². The summed E-state index contributed by atoms with van der Waals surface area (Å²) in [7, 11) is 0. The van der Waals surface area contributed by atoms with Gasteiger partial charge in [0, 0.05) is 13.1 Å². The summed E-state index contributed by atoms with van der Waals surface area (Å²) in [6.45, 7) is 5.02. The van der Waals surface area contributed by atoms with Crippen LogP contribution in [-0.2, 0) is 22.6 Å². The van der Waals surface area contributed by atoms with Gasteiger partial charge in [-0.1, -0.05) is 31.2 Å². The van der Waals surface area contributed by atoms with E-state index in [2.05, 4.69) is 22.0 Å². The Morgan fingerprint density at radius 3 is 2.76 bits per heavy atom. The molecule has 0 spiro atoms. The van der Waals surface area contributed by atoms with Crippen LogP contribution < -0.4 is 16.0 Å². The summed E-state index contributed by atoms with van der Waals surface area (Å²) in [4.78, 5) is 24.0. The van der Waals surface area contributed by atoms with E-state index in [4.69, 9.17) is 0 Å². The minimum Gasteiger partial charge on any atom is -0.354 e. The van der Waals surface area contributed by atoms with E-state index in [-0.39, 0.29) is 17.9 Å². The lowest BCUT2D eigenvalue weighted by molar-refractivity contribution is -0.129. The molecule has 0 radical (unpaired) electrons. The molecule has 1 heterocycles. The summed E-state index contributed by atoms with van der Waals surface area (Å²) in [6, 6.07) is 7.32. The molecule has 2 amide bonds. The van der Waals surface area contributed by atoms with E-state index < -0.39 is 6.04 Å². The highest BCUT2D eigenvalue weighted by Gasteiger charge is 2.26. The van der Waals surface area contributed by atoms with Gasteiger partial charge in [-0.15, -0.1) is 0 Å². The zero-order chi connectivity index (χ0) is 15.2. The van der Waals surface area contributed by atoms with Gasteiger partial charge in [-0.05, 0) is 30.9 Å². The molecule has 1 aromatic carbocycles. The number of carbonyl (C=O) groups excluding carboxylic acids is 2. The van der Waals surface area contributed by atoms with Crippen molar-refractivity contribution in [3.8, 4) is 0 Å². The molecule has 2 atom stereocenters. The molecular formula is C16H23N3O2. The van der Waals surface area contributed by atoms with Gasteiger partial charge < -0.3 is 16.0 Å². The van der Waals surface area contributed by atoms with Crippen LogP contribution in [0, 0.1) is 0 Å². The lowest BCUT2D eigenvalue weighted by atomic mass is 9.95. The molecule has 1 aliphatic heterocycles. The fourth-order valence-electron chi connectivity index (χ4n) is 2.42. The maximum atomic E-state index is 12.2. The van der Waals surface area contributed by atoms with Gasteiger partial charge >= 0.3 is 0 Å². The van der Waals surface area contributed by atoms with E-state index in [1.165, 1.54) is 11.1 Å². The van der Waals surface area contributed by atoms with Crippen molar-refractivity contribution in [1.82, 2.24) is 16.0 Å². The van der Waals surface area contributed by atoms with E-state index in [9.17, 15) is 9.59 Å². The average molecular weight is 289 g/mol. The van der Waals surface area contributed by atoms with Gasteiger partial charge in [-0.25, -0.2) is 0 Å². The molecule has 0 aromatic heterocycles. The molecule has 0 saturated carbocycles. The minimum absolute atomic E-state index is 0.122. The van der Waals surface area contributed by atoms with Crippen LogP contribution in [-0.4, -0.2) is 30.4 Å². The molecule has 3 N–H and O–H groups in total. The molecule has 2 rings (SSSR count). The third-order valence-corrected chi connectivity index (χ3v) is 3.70. The number of fused-ring (bicyclic) bond motifs is 1. The van der Waals surface area contributed by atoms with Crippen LogP contribution in [0.2, 0.25) is 0 Å². The molecule has 5 nitrogen and oxygen atoms in total. The Morgan fingerprint density at radius 1 is 1.33 bits per heavy atom. The second kappa shape index (κ2) is 7.22. The molecule has 0 bridgehead atoms. The molecule has 0 saturated heterocycles. The number of amides is 2. The Morgan fingerprint density at radius 2 is 2.05 bits per heavy atom. The number of hydrogen-bond donors (Lipinski definition) is 3. The number of benzene rings is 1. The van der Waals surface area contributed by atoms with Crippen molar-refractivity contribution in [3.05, 3.63) is 35.4 Å². The van der Waals surface area contributed by atoms with Gasteiger partial charge in [-0.2, -0.15) is 0 Å². The second-order valence-corrected chi connectivity index (χ2v) is 5.43. The number of hydrogen-bond acceptors (Lipinski definition) is 3. The Bertz CT molecular complexity index is 516. The van der Waals surface area contributed by atoms with Crippen LogP contribution in [0.1, 0.15) is 31.4 Å². The molecular weight excluding hydrogens is 266 g/mol. The number of rotatable bonds is 5. The van der Waals surface area contributed by atoms with Crippen LogP contribution in [0.25, 0.3) is 0 Å². The lowest BCUT2D eigenvalue weighted by Crippen LogP contribution is -2.53. The standard InChI is InChI=1S/C16H23N3O2/c1-3-8-17-15(20)11(2)19-16(21)14-9-12-6-4-5-7-13(12)10-18-14/h4-7,11,14,18H,3,8-10H2,1-2H3,(H,17,20)(H,19,21). The summed E-state index contributed by atoms with van der Waals surface area (Å²) in [5.74, 6) is -0.259. The SMILES string of the molecule is CCCNC(=O)C(C)NC(=O)C1Cc2ccccc2CN1. The Kier molecular flexibility index (Phi) is 5.33. The van der Waals surface area contributed by atoms with Crippen LogP contribution in [0.4, 0.5) is 0 Å². The highest BCUT2D eigenvalue weighted by atomic mass is 16.2.